The number of hydrogen-bond acceptors (Lipinski definition) is 6. The smallest absolute Gasteiger partial charge is 0.349 e. The van der Waals surface area contributed by atoms with Crippen LogP contribution in [0.2, 0.25) is 0 Å². The topological polar surface area (TPSA) is 83.9 Å². The second-order valence-corrected chi connectivity index (χ2v) is 8.82. The molecular formula is C17H19NO5S2. The van der Waals surface area contributed by atoms with E-state index in [4.69, 9.17) is 0 Å². The van der Waals surface area contributed by atoms with E-state index in [2.05, 4.69) is 4.74 Å². The van der Waals surface area contributed by atoms with E-state index in [0.717, 1.165) is 23.3 Å². The minimum absolute atomic E-state index is 0.0161. The average Bonchev–Trinajstić information content (AvgIpc) is 3.24. The number of carbonyl (C=O) groups excluding carboxylic acids is 1. The lowest BCUT2D eigenvalue weighted by Gasteiger charge is -2.16. The van der Waals surface area contributed by atoms with Crippen LogP contribution in [-0.4, -0.2) is 44.0 Å². The molecule has 0 spiro atoms. The fourth-order valence-electron chi connectivity index (χ4n) is 3.08. The molecule has 1 atom stereocenters. The zero-order valence-electron chi connectivity index (χ0n) is 13.7. The lowest BCUT2D eigenvalue weighted by Crippen LogP contribution is -2.30. The van der Waals surface area contributed by atoms with Gasteiger partial charge in [0.1, 0.15) is 15.5 Å². The van der Waals surface area contributed by atoms with E-state index >= 15 is 0 Å². The van der Waals surface area contributed by atoms with E-state index < -0.39 is 16.0 Å². The van der Waals surface area contributed by atoms with Crippen molar-refractivity contribution < 1.29 is 23.1 Å². The molecule has 1 aliphatic heterocycles. The Balaban J connectivity index is 1.75. The molecule has 0 aliphatic carbocycles. The number of ether oxygens (including phenoxy) is 1. The monoisotopic (exact) mass is 381 g/mol. The van der Waals surface area contributed by atoms with Crippen LogP contribution < -0.4 is 0 Å². The molecular weight excluding hydrogens is 362 g/mol. The van der Waals surface area contributed by atoms with Crippen LogP contribution in [0.3, 0.4) is 0 Å². The van der Waals surface area contributed by atoms with Gasteiger partial charge in [-0.3, -0.25) is 0 Å². The van der Waals surface area contributed by atoms with E-state index in [0.29, 0.717) is 19.5 Å². The van der Waals surface area contributed by atoms with Crippen LogP contribution in [0.1, 0.15) is 21.7 Å². The third kappa shape index (κ3) is 3.70. The molecule has 1 aromatic carbocycles. The van der Waals surface area contributed by atoms with E-state index in [1.165, 1.54) is 17.5 Å². The molecule has 25 heavy (non-hydrogen) atoms. The highest BCUT2D eigenvalue weighted by Crippen LogP contribution is 2.31. The maximum Gasteiger partial charge on any atom is 0.349 e. The number of phenols is 1. The summed E-state index contributed by atoms with van der Waals surface area (Å²) in [5.74, 6) is -0.248. The Labute approximate surface area is 150 Å². The van der Waals surface area contributed by atoms with Crippen molar-refractivity contribution in [3.63, 3.8) is 0 Å². The molecule has 1 fully saturated rings. The van der Waals surface area contributed by atoms with Gasteiger partial charge in [-0.25, -0.2) is 13.2 Å². The Bertz CT molecular complexity index is 875. The average molecular weight is 381 g/mol. The molecule has 0 radical (unpaired) electrons. The number of phenolic OH excluding ortho intramolecular Hbond substituents is 1. The molecule has 6 nitrogen and oxygen atoms in total. The summed E-state index contributed by atoms with van der Waals surface area (Å²) in [5, 5.41) is 11.1. The molecule has 1 unspecified atom stereocenters. The van der Waals surface area contributed by atoms with Crippen LogP contribution >= 0.6 is 11.3 Å². The van der Waals surface area contributed by atoms with Gasteiger partial charge in [-0.15, -0.1) is 11.3 Å². The number of aromatic hydroxyl groups is 1. The molecule has 134 valence electrons. The number of rotatable bonds is 5. The van der Waals surface area contributed by atoms with E-state index in [1.54, 1.807) is 23.6 Å². The minimum atomic E-state index is -3.72. The van der Waals surface area contributed by atoms with Crippen molar-refractivity contribution in [1.29, 1.82) is 0 Å². The SMILES string of the molecule is COC(=O)c1sccc1S(=O)(=O)N1CCC(Cc2cccc(O)c2)C1. The largest absolute Gasteiger partial charge is 0.508 e. The molecule has 1 saturated heterocycles. The van der Waals surface area contributed by atoms with Gasteiger partial charge >= 0.3 is 5.97 Å². The predicted molar refractivity (Wildman–Crippen MR) is 94.3 cm³/mol. The van der Waals surface area contributed by atoms with Gasteiger partial charge in [-0.05, 0) is 47.9 Å². The highest BCUT2D eigenvalue weighted by atomic mass is 32.2. The molecule has 2 aromatic rings. The van der Waals surface area contributed by atoms with Crippen LogP contribution in [0.4, 0.5) is 0 Å². The first-order chi connectivity index (χ1) is 11.9. The van der Waals surface area contributed by atoms with Crippen LogP contribution in [0.15, 0.2) is 40.6 Å². The number of benzene rings is 1. The van der Waals surface area contributed by atoms with Crippen LogP contribution in [-0.2, 0) is 21.2 Å². The minimum Gasteiger partial charge on any atom is -0.508 e. The number of hydrogen-bond donors (Lipinski definition) is 1. The number of carbonyl (C=O) groups is 1. The molecule has 2 heterocycles. The number of methoxy groups -OCH3 is 1. The van der Waals surface area contributed by atoms with E-state index in [1.807, 2.05) is 6.07 Å². The van der Waals surface area contributed by atoms with Crippen molar-refractivity contribution in [2.24, 2.45) is 5.92 Å². The molecule has 0 amide bonds. The number of sulfonamides is 1. The Hall–Kier alpha value is -1.90. The second-order valence-electron chi connectivity index (χ2n) is 6.00. The third-order valence-corrected chi connectivity index (χ3v) is 7.23. The summed E-state index contributed by atoms with van der Waals surface area (Å²) in [7, 11) is -2.49. The normalized spacial score (nSPS) is 18.4. The Morgan fingerprint density at radius 3 is 2.92 bits per heavy atom. The summed E-state index contributed by atoms with van der Waals surface area (Å²) in [4.78, 5) is 11.9. The van der Waals surface area contributed by atoms with Crippen LogP contribution in [0.5, 0.6) is 5.75 Å². The van der Waals surface area contributed by atoms with Gasteiger partial charge in [-0.2, -0.15) is 4.31 Å². The molecule has 1 aromatic heterocycles. The molecule has 0 bridgehead atoms. The number of esters is 1. The van der Waals surface area contributed by atoms with Gasteiger partial charge < -0.3 is 9.84 Å². The van der Waals surface area contributed by atoms with Crippen molar-refractivity contribution in [1.82, 2.24) is 4.31 Å². The summed E-state index contributed by atoms with van der Waals surface area (Å²) in [5.41, 5.74) is 0.982. The first kappa shape index (κ1) is 17.9. The quantitative estimate of drug-likeness (QED) is 0.805. The second kappa shape index (κ2) is 7.15. The molecule has 1 N–H and O–H groups in total. The highest BCUT2D eigenvalue weighted by Gasteiger charge is 2.35. The predicted octanol–water partition coefficient (Wildman–Crippen LogP) is 2.49. The van der Waals surface area contributed by atoms with Gasteiger partial charge in [0, 0.05) is 13.1 Å². The van der Waals surface area contributed by atoms with Crippen molar-refractivity contribution in [2.75, 3.05) is 20.2 Å². The van der Waals surface area contributed by atoms with Crippen LogP contribution in [0, 0.1) is 5.92 Å². The Morgan fingerprint density at radius 2 is 2.20 bits per heavy atom. The van der Waals surface area contributed by atoms with Gasteiger partial charge in [0.2, 0.25) is 10.0 Å². The Morgan fingerprint density at radius 1 is 1.40 bits per heavy atom. The third-order valence-electron chi connectivity index (χ3n) is 4.30. The first-order valence-corrected chi connectivity index (χ1v) is 10.2. The molecule has 8 heteroatoms. The first-order valence-electron chi connectivity index (χ1n) is 7.85. The van der Waals surface area contributed by atoms with Crippen molar-refractivity contribution >= 4 is 27.3 Å². The summed E-state index contributed by atoms with van der Waals surface area (Å²) in [6, 6.07) is 8.47. The van der Waals surface area contributed by atoms with Gasteiger partial charge in [0.05, 0.1) is 7.11 Å². The molecule has 1 aliphatic rings. The van der Waals surface area contributed by atoms with E-state index in [9.17, 15) is 18.3 Å². The van der Waals surface area contributed by atoms with E-state index in [-0.39, 0.29) is 21.4 Å². The van der Waals surface area contributed by atoms with Crippen molar-refractivity contribution in [2.45, 2.75) is 17.7 Å². The summed E-state index contributed by atoms with van der Waals surface area (Å²) in [6.45, 7) is 0.816. The van der Waals surface area contributed by atoms with Crippen molar-refractivity contribution in [3.8, 4) is 5.75 Å². The lowest BCUT2D eigenvalue weighted by molar-refractivity contribution is 0.0602. The lowest BCUT2D eigenvalue weighted by atomic mass is 9.99. The van der Waals surface area contributed by atoms with Crippen LogP contribution in [0.25, 0.3) is 0 Å². The maximum absolute atomic E-state index is 12.9. The highest BCUT2D eigenvalue weighted by molar-refractivity contribution is 7.89. The Kier molecular flexibility index (Phi) is 5.12. The zero-order chi connectivity index (χ0) is 18.0. The van der Waals surface area contributed by atoms with Crippen molar-refractivity contribution in [3.05, 3.63) is 46.2 Å². The summed E-state index contributed by atoms with van der Waals surface area (Å²) >= 11 is 1.06. The molecule has 3 rings (SSSR count). The summed E-state index contributed by atoms with van der Waals surface area (Å²) < 4.78 is 31.8. The fraction of sp³-hybridized carbons (Fsp3) is 0.353. The number of thiophene rings is 1. The maximum atomic E-state index is 12.9. The fourth-order valence-corrected chi connectivity index (χ4v) is 5.92. The van der Waals surface area contributed by atoms with Gasteiger partial charge in [0.25, 0.3) is 0 Å². The standard InChI is InChI=1S/C17H19NO5S2/c1-23-17(20)16-15(6-8-24-16)25(21,22)18-7-5-13(11-18)9-12-3-2-4-14(19)10-12/h2-4,6,8,10,13,19H,5,7,9,11H2,1H3. The summed E-state index contributed by atoms with van der Waals surface area (Å²) in [6.07, 6.45) is 1.44. The number of nitrogens with zero attached hydrogens (tertiary/aromatic N) is 1. The zero-order valence-corrected chi connectivity index (χ0v) is 15.3. The van der Waals surface area contributed by atoms with Gasteiger partial charge in [-0.1, -0.05) is 12.1 Å². The van der Waals surface area contributed by atoms with Gasteiger partial charge in [0.15, 0.2) is 0 Å². The molecule has 0 saturated carbocycles.